The standard InChI is InChI=1S/C13H21NO10/c1-6(17)14-9-7(18)4-13(12(21)22,23-3-2-15)24-11(9)10(20)8(19)5-16/h2,7-11,16,18-20H,3-5H2,1H3,(H,14,17)(H,21,22)/t7-,8+,9+,10+,11+,13+/m0/s1. The maximum atomic E-state index is 11.5. The number of hydrogen-bond acceptors (Lipinski definition) is 9. The van der Waals surface area contributed by atoms with Crippen LogP contribution >= 0.6 is 0 Å². The summed E-state index contributed by atoms with van der Waals surface area (Å²) in [5.41, 5.74) is 0. The average Bonchev–Trinajstić information content (AvgIpc) is 2.53. The largest absolute Gasteiger partial charge is 0.477 e. The monoisotopic (exact) mass is 351 g/mol. The minimum atomic E-state index is -2.46. The number of carbonyl (C=O) groups is 3. The number of aliphatic carboxylic acids is 1. The Balaban J connectivity index is 3.18. The molecule has 0 aliphatic carbocycles. The molecule has 11 heteroatoms. The Morgan fingerprint density at radius 2 is 2.08 bits per heavy atom. The van der Waals surface area contributed by atoms with Gasteiger partial charge in [-0.05, 0) is 0 Å². The summed E-state index contributed by atoms with van der Waals surface area (Å²) in [6.07, 6.45) is -7.10. The quantitative estimate of drug-likeness (QED) is 0.238. The van der Waals surface area contributed by atoms with E-state index < -0.39 is 67.8 Å². The highest BCUT2D eigenvalue weighted by molar-refractivity contribution is 5.77. The van der Waals surface area contributed by atoms with Gasteiger partial charge in [-0.1, -0.05) is 0 Å². The number of hydrogen-bond donors (Lipinski definition) is 6. The summed E-state index contributed by atoms with van der Waals surface area (Å²) >= 11 is 0. The highest BCUT2D eigenvalue weighted by Crippen LogP contribution is 2.33. The number of aliphatic hydroxyl groups excluding tert-OH is 4. The second-order valence-corrected chi connectivity index (χ2v) is 5.36. The summed E-state index contributed by atoms with van der Waals surface area (Å²) in [7, 11) is 0. The van der Waals surface area contributed by atoms with Crippen LogP contribution in [0.3, 0.4) is 0 Å². The van der Waals surface area contributed by atoms with Crippen molar-refractivity contribution < 1.29 is 49.4 Å². The third-order valence-corrected chi connectivity index (χ3v) is 3.57. The van der Waals surface area contributed by atoms with Crippen LogP contribution in [-0.4, -0.2) is 93.2 Å². The van der Waals surface area contributed by atoms with Crippen molar-refractivity contribution in [3.05, 3.63) is 0 Å². The van der Waals surface area contributed by atoms with Crippen LogP contribution in [0.15, 0.2) is 0 Å². The Morgan fingerprint density at radius 3 is 2.54 bits per heavy atom. The summed E-state index contributed by atoms with van der Waals surface area (Å²) in [5, 5.41) is 50.4. The maximum absolute atomic E-state index is 11.5. The van der Waals surface area contributed by atoms with Crippen LogP contribution in [-0.2, 0) is 23.9 Å². The van der Waals surface area contributed by atoms with E-state index in [9.17, 15) is 34.8 Å². The van der Waals surface area contributed by atoms with E-state index in [4.69, 9.17) is 14.6 Å². The predicted molar refractivity (Wildman–Crippen MR) is 74.6 cm³/mol. The summed E-state index contributed by atoms with van der Waals surface area (Å²) in [5.74, 6) is -4.73. The Bertz CT molecular complexity index is 472. The van der Waals surface area contributed by atoms with Gasteiger partial charge in [0.25, 0.3) is 5.79 Å². The van der Waals surface area contributed by atoms with E-state index in [-0.39, 0.29) is 6.29 Å². The van der Waals surface area contributed by atoms with Gasteiger partial charge in [-0.3, -0.25) is 4.79 Å². The van der Waals surface area contributed by atoms with Crippen molar-refractivity contribution >= 4 is 18.2 Å². The van der Waals surface area contributed by atoms with Gasteiger partial charge in [0.15, 0.2) is 0 Å². The van der Waals surface area contributed by atoms with Gasteiger partial charge in [0, 0.05) is 13.3 Å². The van der Waals surface area contributed by atoms with Gasteiger partial charge in [0.2, 0.25) is 5.91 Å². The van der Waals surface area contributed by atoms with Crippen LogP contribution in [0.4, 0.5) is 0 Å². The fourth-order valence-electron chi connectivity index (χ4n) is 2.45. The van der Waals surface area contributed by atoms with Crippen molar-refractivity contribution in [2.45, 2.75) is 49.6 Å². The van der Waals surface area contributed by atoms with Crippen LogP contribution in [0.5, 0.6) is 0 Å². The van der Waals surface area contributed by atoms with Crippen molar-refractivity contribution in [2.75, 3.05) is 13.2 Å². The smallest absolute Gasteiger partial charge is 0.364 e. The van der Waals surface area contributed by atoms with Gasteiger partial charge >= 0.3 is 5.97 Å². The Labute approximate surface area is 136 Å². The summed E-state index contributed by atoms with van der Waals surface area (Å²) < 4.78 is 10.1. The zero-order chi connectivity index (χ0) is 18.5. The molecule has 1 saturated heterocycles. The molecule has 1 aliphatic rings. The molecule has 1 heterocycles. The first-order valence-corrected chi connectivity index (χ1v) is 7.09. The number of carboxylic acids is 1. The van der Waals surface area contributed by atoms with Crippen LogP contribution in [0, 0.1) is 0 Å². The van der Waals surface area contributed by atoms with E-state index in [1.165, 1.54) is 0 Å². The molecule has 0 aromatic heterocycles. The minimum Gasteiger partial charge on any atom is -0.477 e. The van der Waals surface area contributed by atoms with Crippen molar-refractivity contribution in [1.82, 2.24) is 5.32 Å². The third-order valence-electron chi connectivity index (χ3n) is 3.57. The number of aldehydes is 1. The fourth-order valence-corrected chi connectivity index (χ4v) is 2.45. The second kappa shape index (κ2) is 8.46. The molecule has 0 saturated carbocycles. The van der Waals surface area contributed by atoms with Gasteiger partial charge in [0.1, 0.15) is 31.2 Å². The summed E-state index contributed by atoms with van der Waals surface area (Å²) in [4.78, 5) is 33.2. The number of amides is 1. The molecule has 0 unspecified atom stereocenters. The molecule has 1 fully saturated rings. The summed E-state index contributed by atoms with van der Waals surface area (Å²) in [6, 6.07) is -1.27. The number of carboxylic acid groups (broad SMARTS) is 1. The molecule has 1 rings (SSSR count). The molecule has 0 radical (unpaired) electrons. The molecule has 24 heavy (non-hydrogen) atoms. The van der Waals surface area contributed by atoms with Crippen LogP contribution in [0.2, 0.25) is 0 Å². The SMILES string of the molecule is CC(=O)N[C@H]1[C@H]([C@H](O)[C@H](O)CO)O[C@@](OCC=O)(C(=O)O)C[C@@H]1O. The number of aliphatic hydroxyl groups is 4. The van der Waals surface area contributed by atoms with Gasteiger partial charge < -0.3 is 45.1 Å². The third kappa shape index (κ3) is 4.47. The van der Waals surface area contributed by atoms with Crippen molar-refractivity contribution in [1.29, 1.82) is 0 Å². The second-order valence-electron chi connectivity index (χ2n) is 5.36. The first-order valence-electron chi connectivity index (χ1n) is 7.09. The number of ether oxygens (including phenoxy) is 2. The first kappa shape index (κ1) is 20.4. The van der Waals surface area contributed by atoms with E-state index in [0.717, 1.165) is 6.92 Å². The highest BCUT2D eigenvalue weighted by Gasteiger charge is 2.55. The molecule has 6 atom stereocenters. The molecule has 11 nitrogen and oxygen atoms in total. The van der Waals surface area contributed by atoms with E-state index in [1.54, 1.807) is 0 Å². The van der Waals surface area contributed by atoms with Gasteiger partial charge in [-0.25, -0.2) is 4.79 Å². The van der Waals surface area contributed by atoms with Crippen molar-refractivity contribution in [3.63, 3.8) is 0 Å². The van der Waals surface area contributed by atoms with Crippen LogP contribution < -0.4 is 5.32 Å². The maximum Gasteiger partial charge on any atom is 0.364 e. The molecule has 0 aromatic rings. The molecular weight excluding hydrogens is 330 g/mol. The lowest BCUT2D eigenvalue weighted by atomic mass is 9.88. The highest BCUT2D eigenvalue weighted by atomic mass is 16.7. The van der Waals surface area contributed by atoms with Gasteiger partial charge in [-0.2, -0.15) is 0 Å². The zero-order valence-corrected chi connectivity index (χ0v) is 12.9. The average molecular weight is 351 g/mol. The van der Waals surface area contributed by atoms with E-state index >= 15 is 0 Å². The zero-order valence-electron chi connectivity index (χ0n) is 12.9. The minimum absolute atomic E-state index is 0.272. The predicted octanol–water partition coefficient (Wildman–Crippen LogP) is -3.65. The number of carbonyl (C=O) groups excluding carboxylic acids is 2. The number of nitrogens with one attached hydrogen (secondary N) is 1. The normalized spacial score (nSPS) is 32.6. The Kier molecular flexibility index (Phi) is 7.20. The molecule has 1 amide bonds. The van der Waals surface area contributed by atoms with Crippen molar-refractivity contribution in [3.8, 4) is 0 Å². The molecule has 1 aliphatic heterocycles. The van der Waals surface area contributed by atoms with Gasteiger partial charge in [0.05, 0.1) is 18.8 Å². The number of rotatable bonds is 8. The van der Waals surface area contributed by atoms with Crippen LogP contribution in [0.25, 0.3) is 0 Å². The molecular formula is C13H21NO10. The lowest BCUT2D eigenvalue weighted by Gasteiger charge is -2.46. The summed E-state index contributed by atoms with van der Waals surface area (Å²) in [6.45, 7) is -0.408. The Morgan fingerprint density at radius 1 is 1.46 bits per heavy atom. The van der Waals surface area contributed by atoms with Crippen molar-refractivity contribution in [2.24, 2.45) is 0 Å². The molecule has 0 spiro atoms. The van der Waals surface area contributed by atoms with E-state index in [2.05, 4.69) is 5.32 Å². The lowest BCUT2D eigenvalue weighted by molar-refractivity contribution is -0.308. The lowest BCUT2D eigenvalue weighted by Crippen LogP contribution is -2.68. The van der Waals surface area contributed by atoms with Crippen LogP contribution in [0.1, 0.15) is 13.3 Å². The molecule has 0 bridgehead atoms. The topological polar surface area (TPSA) is 183 Å². The molecule has 6 N–H and O–H groups in total. The Hall–Kier alpha value is -1.63. The van der Waals surface area contributed by atoms with Gasteiger partial charge in [-0.15, -0.1) is 0 Å². The van der Waals surface area contributed by atoms with E-state index in [0.29, 0.717) is 0 Å². The first-order chi connectivity index (χ1) is 11.2. The molecule has 0 aromatic carbocycles. The fraction of sp³-hybridized carbons (Fsp3) is 0.769. The molecule has 138 valence electrons. The van der Waals surface area contributed by atoms with E-state index in [1.807, 2.05) is 0 Å².